The van der Waals surface area contributed by atoms with Gasteiger partial charge in [0.15, 0.2) is 5.41 Å². The van der Waals surface area contributed by atoms with E-state index in [2.05, 4.69) is 12.2 Å². The van der Waals surface area contributed by atoms with Gasteiger partial charge in [0, 0.05) is 0 Å². The molecular weight excluding hydrogens is 256 g/mol. The van der Waals surface area contributed by atoms with Crippen molar-refractivity contribution < 1.29 is 19.1 Å². The van der Waals surface area contributed by atoms with Crippen LogP contribution in [-0.2, 0) is 19.1 Å². The Morgan fingerprint density at radius 1 is 1.15 bits per heavy atom. The molecule has 0 saturated heterocycles. The molecule has 4 nitrogen and oxygen atoms in total. The number of carbonyl (C=O) groups is 2. The monoisotopic (exact) mass is 276 g/mol. The standard InChI is InChI=1S/C16H20O4/c1-4-5-11-6-7-12-9-16(14(17)19-2,15(18)20-3)10-13(12)8-11/h4-5,8H,6-7,9-10H2,1-3H3/b5-4-. The summed E-state index contributed by atoms with van der Waals surface area (Å²) >= 11 is 0. The van der Waals surface area contributed by atoms with Gasteiger partial charge in [0.1, 0.15) is 0 Å². The van der Waals surface area contributed by atoms with Gasteiger partial charge in [0.05, 0.1) is 14.2 Å². The third kappa shape index (κ3) is 2.30. The lowest BCUT2D eigenvalue weighted by Gasteiger charge is -2.23. The Labute approximate surface area is 119 Å². The maximum atomic E-state index is 12.1. The van der Waals surface area contributed by atoms with E-state index in [0.29, 0.717) is 12.8 Å². The average molecular weight is 276 g/mol. The number of methoxy groups -OCH3 is 2. The number of ether oxygens (including phenoxy) is 2. The highest BCUT2D eigenvalue weighted by Crippen LogP contribution is 2.48. The van der Waals surface area contributed by atoms with Crippen molar-refractivity contribution in [3.8, 4) is 0 Å². The van der Waals surface area contributed by atoms with Gasteiger partial charge >= 0.3 is 11.9 Å². The smallest absolute Gasteiger partial charge is 0.323 e. The Morgan fingerprint density at radius 2 is 1.80 bits per heavy atom. The van der Waals surface area contributed by atoms with Gasteiger partial charge < -0.3 is 9.47 Å². The van der Waals surface area contributed by atoms with Gasteiger partial charge in [-0.3, -0.25) is 9.59 Å². The summed E-state index contributed by atoms with van der Waals surface area (Å²) in [6, 6.07) is 0. The molecule has 0 bridgehead atoms. The van der Waals surface area contributed by atoms with Crippen LogP contribution >= 0.6 is 0 Å². The number of rotatable bonds is 3. The summed E-state index contributed by atoms with van der Waals surface area (Å²) in [5.41, 5.74) is 2.31. The predicted octanol–water partition coefficient (Wildman–Crippen LogP) is 2.71. The first-order valence-corrected chi connectivity index (χ1v) is 6.78. The fourth-order valence-corrected chi connectivity index (χ4v) is 3.09. The average Bonchev–Trinajstić information content (AvgIpc) is 2.85. The number of allylic oxidation sites excluding steroid dienone is 6. The van der Waals surface area contributed by atoms with Crippen molar-refractivity contribution in [1.29, 1.82) is 0 Å². The zero-order valence-corrected chi connectivity index (χ0v) is 12.2. The molecule has 0 atom stereocenters. The molecule has 2 rings (SSSR count). The van der Waals surface area contributed by atoms with Crippen LogP contribution in [0.2, 0.25) is 0 Å². The van der Waals surface area contributed by atoms with Crippen LogP contribution in [0.25, 0.3) is 0 Å². The molecule has 0 aromatic rings. The highest BCUT2D eigenvalue weighted by atomic mass is 16.5. The SMILES string of the molecule is C/C=C\C1=CC2=C(CC1)CC(C(=O)OC)(C(=O)OC)C2. The third-order valence-corrected chi connectivity index (χ3v) is 4.07. The number of esters is 2. The van der Waals surface area contributed by atoms with Crippen LogP contribution < -0.4 is 0 Å². The van der Waals surface area contributed by atoms with Crippen molar-refractivity contribution in [2.75, 3.05) is 14.2 Å². The van der Waals surface area contributed by atoms with Crippen LogP contribution in [0.3, 0.4) is 0 Å². The van der Waals surface area contributed by atoms with E-state index in [-0.39, 0.29) is 0 Å². The molecule has 0 saturated carbocycles. The van der Waals surface area contributed by atoms with E-state index in [0.717, 1.165) is 18.4 Å². The van der Waals surface area contributed by atoms with E-state index >= 15 is 0 Å². The number of hydrogen-bond acceptors (Lipinski definition) is 4. The topological polar surface area (TPSA) is 52.6 Å². The Kier molecular flexibility index (Phi) is 4.12. The molecule has 0 N–H and O–H groups in total. The Bertz CT molecular complexity index is 507. The van der Waals surface area contributed by atoms with Crippen LogP contribution in [0.1, 0.15) is 32.6 Å². The summed E-state index contributed by atoms with van der Waals surface area (Å²) in [6.07, 6.45) is 8.79. The highest BCUT2D eigenvalue weighted by molar-refractivity contribution is 6.01. The normalized spacial score (nSPS) is 20.6. The summed E-state index contributed by atoms with van der Waals surface area (Å²) in [5.74, 6) is -1.00. The second-order valence-electron chi connectivity index (χ2n) is 5.27. The van der Waals surface area contributed by atoms with Crippen LogP contribution in [0, 0.1) is 5.41 Å². The van der Waals surface area contributed by atoms with Crippen LogP contribution in [-0.4, -0.2) is 26.2 Å². The minimum atomic E-state index is -1.18. The summed E-state index contributed by atoms with van der Waals surface area (Å²) in [4.78, 5) is 24.2. The molecule has 20 heavy (non-hydrogen) atoms. The van der Waals surface area contributed by atoms with E-state index in [9.17, 15) is 9.59 Å². The Morgan fingerprint density at radius 3 is 2.35 bits per heavy atom. The van der Waals surface area contributed by atoms with Crippen molar-refractivity contribution >= 4 is 11.9 Å². The molecular formula is C16H20O4. The van der Waals surface area contributed by atoms with Gasteiger partial charge in [0.25, 0.3) is 0 Å². The molecule has 0 spiro atoms. The summed E-state index contributed by atoms with van der Waals surface area (Å²) in [5, 5.41) is 0. The lowest BCUT2D eigenvalue weighted by molar-refractivity contribution is -0.168. The van der Waals surface area contributed by atoms with Crippen molar-refractivity contribution in [3.05, 3.63) is 34.9 Å². The number of carbonyl (C=O) groups excluding carboxylic acids is 2. The van der Waals surface area contributed by atoms with E-state index in [1.165, 1.54) is 25.4 Å². The fraction of sp³-hybridized carbons (Fsp3) is 0.500. The Balaban J connectivity index is 2.32. The first kappa shape index (κ1) is 14.6. The maximum Gasteiger partial charge on any atom is 0.323 e. The molecule has 108 valence electrons. The lowest BCUT2D eigenvalue weighted by Crippen LogP contribution is -2.39. The Hall–Kier alpha value is -1.84. The predicted molar refractivity (Wildman–Crippen MR) is 74.9 cm³/mol. The van der Waals surface area contributed by atoms with E-state index in [4.69, 9.17) is 9.47 Å². The molecule has 0 heterocycles. The summed E-state index contributed by atoms with van der Waals surface area (Å²) < 4.78 is 9.68. The van der Waals surface area contributed by atoms with Crippen LogP contribution in [0.15, 0.2) is 34.9 Å². The summed E-state index contributed by atoms with van der Waals surface area (Å²) in [7, 11) is 2.62. The molecule has 0 radical (unpaired) electrons. The minimum absolute atomic E-state index is 0.378. The van der Waals surface area contributed by atoms with E-state index in [1.54, 1.807) is 0 Å². The quantitative estimate of drug-likeness (QED) is 0.587. The summed E-state index contributed by atoms with van der Waals surface area (Å²) in [6.45, 7) is 1.98. The van der Waals surface area contributed by atoms with E-state index in [1.807, 2.05) is 13.0 Å². The molecule has 0 fully saturated rings. The lowest BCUT2D eigenvalue weighted by atomic mass is 9.83. The van der Waals surface area contributed by atoms with Crippen molar-refractivity contribution in [2.24, 2.45) is 5.41 Å². The largest absolute Gasteiger partial charge is 0.468 e. The second-order valence-corrected chi connectivity index (χ2v) is 5.27. The molecule has 0 amide bonds. The minimum Gasteiger partial charge on any atom is -0.468 e. The molecule has 0 unspecified atom stereocenters. The van der Waals surface area contributed by atoms with Gasteiger partial charge in [0.2, 0.25) is 0 Å². The second kappa shape index (κ2) is 5.65. The first-order chi connectivity index (χ1) is 9.57. The third-order valence-electron chi connectivity index (χ3n) is 4.07. The molecule has 4 heteroatoms. The molecule has 0 aliphatic heterocycles. The maximum absolute atomic E-state index is 12.1. The first-order valence-electron chi connectivity index (χ1n) is 6.78. The molecule has 0 aromatic heterocycles. The van der Waals surface area contributed by atoms with Gasteiger partial charge in [-0.05, 0) is 43.8 Å². The van der Waals surface area contributed by atoms with Crippen LogP contribution in [0.5, 0.6) is 0 Å². The van der Waals surface area contributed by atoms with Gasteiger partial charge in [-0.1, -0.05) is 23.8 Å². The zero-order chi connectivity index (χ0) is 14.8. The molecule has 0 aromatic carbocycles. The van der Waals surface area contributed by atoms with Crippen molar-refractivity contribution in [1.82, 2.24) is 0 Å². The van der Waals surface area contributed by atoms with Gasteiger partial charge in [-0.15, -0.1) is 0 Å². The highest BCUT2D eigenvalue weighted by Gasteiger charge is 2.53. The molecule has 2 aliphatic carbocycles. The van der Waals surface area contributed by atoms with Crippen molar-refractivity contribution in [3.63, 3.8) is 0 Å². The van der Waals surface area contributed by atoms with Gasteiger partial charge in [-0.25, -0.2) is 0 Å². The number of hydrogen-bond donors (Lipinski definition) is 0. The zero-order valence-electron chi connectivity index (χ0n) is 12.2. The van der Waals surface area contributed by atoms with E-state index < -0.39 is 17.4 Å². The van der Waals surface area contributed by atoms with Crippen molar-refractivity contribution in [2.45, 2.75) is 32.6 Å². The molecule has 2 aliphatic rings. The fourth-order valence-electron chi connectivity index (χ4n) is 3.09. The van der Waals surface area contributed by atoms with Crippen LogP contribution in [0.4, 0.5) is 0 Å². The van der Waals surface area contributed by atoms with Gasteiger partial charge in [-0.2, -0.15) is 0 Å².